The first-order chi connectivity index (χ1) is 13.0. The molecular formula is C21H25NO5. The number of carbonyl (C=O) groups excluding carboxylic acids is 2. The largest absolute Gasteiger partial charge is 0.494 e. The Hall–Kier alpha value is -3.02. The summed E-state index contributed by atoms with van der Waals surface area (Å²) in [7, 11) is 0. The van der Waals surface area contributed by atoms with E-state index in [9.17, 15) is 9.59 Å². The maximum Gasteiger partial charge on any atom is 0.309 e. The second-order valence-electron chi connectivity index (χ2n) is 6.03. The number of hydrogen-bond acceptors (Lipinski definition) is 5. The van der Waals surface area contributed by atoms with Gasteiger partial charge >= 0.3 is 5.97 Å². The Balaban J connectivity index is 1.68. The number of rotatable bonds is 9. The van der Waals surface area contributed by atoms with Crippen LogP contribution >= 0.6 is 0 Å². The molecular weight excluding hydrogens is 346 g/mol. The molecule has 0 heterocycles. The maximum atomic E-state index is 11.9. The van der Waals surface area contributed by atoms with Gasteiger partial charge < -0.3 is 19.5 Å². The van der Waals surface area contributed by atoms with Crippen molar-refractivity contribution >= 4 is 17.6 Å². The van der Waals surface area contributed by atoms with E-state index < -0.39 is 11.9 Å². The topological polar surface area (TPSA) is 73.9 Å². The fourth-order valence-electron chi connectivity index (χ4n) is 2.32. The molecule has 0 spiro atoms. The Morgan fingerprint density at radius 2 is 1.74 bits per heavy atom. The summed E-state index contributed by atoms with van der Waals surface area (Å²) >= 11 is 0. The van der Waals surface area contributed by atoms with Crippen molar-refractivity contribution in [3.05, 3.63) is 53.6 Å². The predicted octanol–water partition coefficient (Wildman–Crippen LogP) is 3.65. The van der Waals surface area contributed by atoms with Crippen LogP contribution < -0.4 is 14.8 Å². The minimum Gasteiger partial charge on any atom is -0.494 e. The van der Waals surface area contributed by atoms with Gasteiger partial charge in [0.15, 0.2) is 6.61 Å². The Labute approximate surface area is 159 Å². The average Bonchev–Trinajstić information content (AvgIpc) is 2.65. The fraction of sp³-hybridized carbons (Fsp3) is 0.333. The number of nitrogens with one attached hydrogen (secondary N) is 1. The molecule has 2 aromatic rings. The Morgan fingerprint density at radius 1 is 1.00 bits per heavy atom. The first kappa shape index (κ1) is 20.3. The zero-order valence-corrected chi connectivity index (χ0v) is 15.9. The van der Waals surface area contributed by atoms with Gasteiger partial charge in [0.2, 0.25) is 0 Å². The van der Waals surface area contributed by atoms with Crippen molar-refractivity contribution in [2.45, 2.75) is 27.2 Å². The Morgan fingerprint density at radius 3 is 2.44 bits per heavy atom. The van der Waals surface area contributed by atoms with Crippen LogP contribution in [0.3, 0.4) is 0 Å². The lowest BCUT2D eigenvalue weighted by Crippen LogP contribution is -2.21. The van der Waals surface area contributed by atoms with Gasteiger partial charge in [-0.1, -0.05) is 12.1 Å². The van der Waals surface area contributed by atoms with Gasteiger partial charge in [0.05, 0.1) is 19.6 Å². The molecule has 144 valence electrons. The van der Waals surface area contributed by atoms with E-state index in [-0.39, 0.29) is 19.6 Å². The van der Waals surface area contributed by atoms with Gasteiger partial charge in [0.1, 0.15) is 11.5 Å². The van der Waals surface area contributed by atoms with E-state index in [2.05, 4.69) is 5.32 Å². The first-order valence-electron chi connectivity index (χ1n) is 8.86. The molecule has 27 heavy (non-hydrogen) atoms. The molecule has 0 aromatic heterocycles. The molecule has 0 aliphatic heterocycles. The zero-order chi connectivity index (χ0) is 19.6. The van der Waals surface area contributed by atoms with Crippen LogP contribution in [-0.4, -0.2) is 31.7 Å². The van der Waals surface area contributed by atoms with Crippen LogP contribution in [0.5, 0.6) is 11.5 Å². The summed E-state index contributed by atoms with van der Waals surface area (Å²) < 4.78 is 15.9. The third kappa shape index (κ3) is 7.01. The molecule has 0 saturated heterocycles. The van der Waals surface area contributed by atoms with Crippen molar-refractivity contribution in [3.63, 3.8) is 0 Å². The van der Waals surface area contributed by atoms with Crippen LogP contribution in [0.4, 0.5) is 5.69 Å². The minimum absolute atomic E-state index is 0.0731. The number of benzene rings is 2. The monoisotopic (exact) mass is 371 g/mol. The van der Waals surface area contributed by atoms with Crippen molar-refractivity contribution in [2.75, 3.05) is 25.1 Å². The third-order valence-corrected chi connectivity index (χ3v) is 3.72. The molecule has 0 atom stereocenters. The van der Waals surface area contributed by atoms with Gasteiger partial charge in [-0.25, -0.2) is 0 Å². The van der Waals surface area contributed by atoms with E-state index in [0.29, 0.717) is 12.3 Å². The van der Waals surface area contributed by atoms with Crippen LogP contribution in [0, 0.1) is 13.8 Å². The van der Waals surface area contributed by atoms with E-state index in [4.69, 9.17) is 14.2 Å². The van der Waals surface area contributed by atoms with E-state index in [1.165, 1.54) is 0 Å². The van der Waals surface area contributed by atoms with Crippen LogP contribution in [0.15, 0.2) is 42.5 Å². The number of ether oxygens (including phenoxy) is 3. The normalized spacial score (nSPS) is 10.2. The summed E-state index contributed by atoms with van der Waals surface area (Å²) in [5, 5.41) is 2.66. The summed E-state index contributed by atoms with van der Waals surface area (Å²) in [6, 6.07) is 12.9. The average molecular weight is 371 g/mol. The van der Waals surface area contributed by atoms with Crippen LogP contribution in [0.25, 0.3) is 0 Å². The van der Waals surface area contributed by atoms with E-state index in [1.54, 1.807) is 24.3 Å². The standard InChI is InChI=1S/C21H25NO5/c1-4-25-18-9-7-17(8-10-18)22-20(23)14-27-21(24)11-12-26-19-13-15(2)5-6-16(19)3/h5-10,13H,4,11-12,14H2,1-3H3,(H,22,23). The Kier molecular flexibility index (Phi) is 7.67. The summed E-state index contributed by atoms with van der Waals surface area (Å²) in [5.41, 5.74) is 2.70. The van der Waals surface area contributed by atoms with Gasteiger partial charge in [-0.05, 0) is 62.2 Å². The SMILES string of the molecule is CCOc1ccc(NC(=O)COC(=O)CCOc2cc(C)ccc2C)cc1. The molecule has 2 aromatic carbocycles. The lowest BCUT2D eigenvalue weighted by Gasteiger charge is -2.10. The van der Waals surface area contributed by atoms with Crippen molar-refractivity contribution in [2.24, 2.45) is 0 Å². The number of anilines is 1. The molecule has 0 radical (unpaired) electrons. The molecule has 6 nitrogen and oxygen atoms in total. The number of hydrogen-bond donors (Lipinski definition) is 1. The molecule has 0 fully saturated rings. The molecule has 2 rings (SSSR count). The van der Waals surface area contributed by atoms with E-state index in [0.717, 1.165) is 22.6 Å². The highest BCUT2D eigenvalue weighted by Gasteiger charge is 2.09. The van der Waals surface area contributed by atoms with Crippen LogP contribution in [0.2, 0.25) is 0 Å². The number of carbonyl (C=O) groups is 2. The van der Waals surface area contributed by atoms with Gasteiger partial charge in [-0.3, -0.25) is 9.59 Å². The molecule has 1 amide bonds. The highest BCUT2D eigenvalue weighted by Crippen LogP contribution is 2.19. The smallest absolute Gasteiger partial charge is 0.309 e. The van der Waals surface area contributed by atoms with E-state index in [1.807, 2.05) is 39.0 Å². The first-order valence-corrected chi connectivity index (χ1v) is 8.86. The van der Waals surface area contributed by atoms with Gasteiger partial charge in [0, 0.05) is 5.69 Å². The quantitative estimate of drug-likeness (QED) is 0.681. The molecule has 0 aliphatic carbocycles. The lowest BCUT2D eigenvalue weighted by molar-refractivity contribution is -0.147. The fourth-order valence-corrected chi connectivity index (χ4v) is 2.32. The van der Waals surface area contributed by atoms with Gasteiger partial charge in [-0.2, -0.15) is 0 Å². The van der Waals surface area contributed by atoms with Crippen molar-refractivity contribution in [1.82, 2.24) is 0 Å². The molecule has 0 unspecified atom stereocenters. The molecule has 0 aliphatic rings. The zero-order valence-electron chi connectivity index (χ0n) is 15.9. The van der Waals surface area contributed by atoms with Crippen molar-refractivity contribution in [3.8, 4) is 11.5 Å². The number of aryl methyl sites for hydroxylation is 2. The lowest BCUT2D eigenvalue weighted by atomic mass is 10.1. The Bertz CT molecular complexity index is 771. The molecule has 0 bridgehead atoms. The van der Waals surface area contributed by atoms with Crippen molar-refractivity contribution in [1.29, 1.82) is 0 Å². The summed E-state index contributed by atoms with van der Waals surface area (Å²) in [4.78, 5) is 23.6. The molecule has 1 N–H and O–H groups in total. The molecule has 6 heteroatoms. The second-order valence-corrected chi connectivity index (χ2v) is 6.03. The summed E-state index contributed by atoms with van der Waals surface area (Å²) in [6.45, 7) is 6.26. The van der Waals surface area contributed by atoms with Gasteiger partial charge in [-0.15, -0.1) is 0 Å². The minimum atomic E-state index is -0.484. The number of amides is 1. The summed E-state index contributed by atoms with van der Waals surface area (Å²) in [5.74, 6) is 0.590. The highest BCUT2D eigenvalue weighted by atomic mass is 16.5. The second kappa shape index (κ2) is 10.2. The van der Waals surface area contributed by atoms with E-state index >= 15 is 0 Å². The third-order valence-electron chi connectivity index (χ3n) is 3.72. The van der Waals surface area contributed by atoms with Crippen molar-refractivity contribution < 1.29 is 23.8 Å². The molecule has 0 saturated carbocycles. The number of esters is 1. The summed E-state index contributed by atoms with van der Waals surface area (Å²) in [6.07, 6.45) is 0.0731. The van der Waals surface area contributed by atoms with Gasteiger partial charge in [0.25, 0.3) is 5.91 Å². The predicted molar refractivity (Wildman–Crippen MR) is 103 cm³/mol. The highest BCUT2D eigenvalue weighted by molar-refractivity contribution is 5.92. The van der Waals surface area contributed by atoms with Crippen LogP contribution in [0.1, 0.15) is 24.5 Å². The maximum absolute atomic E-state index is 11.9. The van der Waals surface area contributed by atoms with Crippen LogP contribution in [-0.2, 0) is 14.3 Å².